The Kier molecular flexibility index (Phi) is 6.40. The molecule has 0 atom stereocenters. The number of para-hydroxylation sites is 1. The minimum absolute atomic E-state index is 0.251. The lowest BCUT2D eigenvalue weighted by Crippen LogP contribution is -2.15. The number of carbonyl (C=O) groups is 1. The molecular formula is C26H16BrCl2N3OS. The molecule has 5 rings (SSSR count). The Morgan fingerprint density at radius 1 is 1.00 bits per heavy atom. The highest BCUT2D eigenvalue weighted by Crippen LogP contribution is 2.35. The second-order valence-corrected chi connectivity index (χ2v) is 10.2. The molecule has 0 aliphatic carbocycles. The molecule has 0 fully saturated rings. The number of carbonyl (C=O) groups excluding carboxylic acids is 1. The van der Waals surface area contributed by atoms with Gasteiger partial charge in [-0.05, 0) is 48.9 Å². The number of aromatic nitrogens is 2. The van der Waals surface area contributed by atoms with Gasteiger partial charge in [0, 0.05) is 31.4 Å². The van der Waals surface area contributed by atoms with Crippen LogP contribution in [0.1, 0.15) is 15.9 Å². The predicted octanol–water partition coefficient (Wildman–Crippen LogP) is 8.66. The molecule has 0 saturated heterocycles. The van der Waals surface area contributed by atoms with Gasteiger partial charge >= 0.3 is 0 Å². The molecule has 0 aliphatic rings. The van der Waals surface area contributed by atoms with Gasteiger partial charge in [-0.3, -0.25) is 10.1 Å². The molecule has 34 heavy (non-hydrogen) atoms. The largest absolute Gasteiger partial charge is 0.298 e. The summed E-state index contributed by atoms with van der Waals surface area (Å²) in [6, 6.07) is 20.7. The summed E-state index contributed by atoms with van der Waals surface area (Å²) < 4.78 is 0.997. The van der Waals surface area contributed by atoms with E-state index >= 15 is 0 Å². The number of nitrogens with zero attached hydrogens (tertiary/aromatic N) is 2. The van der Waals surface area contributed by atoms with Crippen molar-refractivity contribution in [3.8, 4) is 22.5 Å². The number of pyridine rings is 1. The van der Waals surface area contributed by atoms with Crippen molar-refractivity contribution in [2.45, 2.75) is 6.92 Å². The van der Waals surface area contributed by atoms with Gasteiger partial charge in [-0.15, -0.1) is 11.3 Å². The number of benzene rings is 3. The number of nitrogens with one attached hydrogen (secondary N) is 1. The summed E-state index contributed by atoms with van der Waals surface area (Å²) in [5.41, 5.74) is 5.10. The molecule has 0 bridgehead atoms. The van der Waals surface area contributed by atoms with Crippen LogP contribution < -0.4 is 5.32 Å². The fourth-order valence-electron chi connectivity index (χ4n) is 3.79. The molecule has 0 aliphatic heterocycles. The zero-order valence-corrected chi connectivity index (χ0v) is 21.7. The number of halogens is 3. The SMILES string of the molecule is Cc1c(-c2ccc(Cl)cc2Cl)nc2ccccc2c1C(=O)Nc1nc(-c2ccc(Br)cc2)cs1. The molecule has 4 nitrogen and oxygen atoms in total. The van der Waals surface area contributed by atoms with Crippen molar-refractivity contribution in [1.82, 2.24) is 9.97 Å². The van der Waals surface area contributed by atoms with Crippen LogP contribution in [0.25, 0.3) is 33.4 Å². The van der Waals surface area contributed by atoms with Crippen molar-refractivity contribution < 1.29 is 4.79 Å². The number of hydrogen-bond acceptors (Lipinski definition) is 4. The third-order valence-corrected chi connectivity index (χ3v) is 7.25. The normalized spacial score (nSPS) is 11.1. The third-order valence-electron chi connectivity index (χ3n) is 5.41. The van der Waals surface area contributed by atoms with Crippen molar-refractivity contribution in [1.29, 1.82) is 0 Å². The van der Waals surface area contributed by atoms with Crippen molar-refractivity contribution in [3.63, 3.8) is 0 Å². The van der Waals surface area contributed by atoms with Crippen molar-refractivity contribution >= 4 is 72.4 Å². The van der Waals surface area contributed by atoms with E-state index in [1.54, 1.807) is 12.1 Å². The summed E-state index contributed by atoms with van der Waals surface area (Å²) in [4.78, 5) is 23.0. The van der Waals surface area contributed by atoms with Crippen LogP contribution in [0.3, 0.4) is 0 Å². The van der Waals surface area contributed by atoms with Crippen molar-refractivity contribution in [2.24, 2.45) is 0 Å². The van der Waals surface area contributed by atoms with Crippen molar-refractivity contribution in [3.05, 3.63) is 97.8 Å². The van der Waals surface area contributed by atoms with Gasteiger partial charge in [-0.1, -0.05) is 69.5 Å². The van der Waals surface area contributed by atoms with Crippen LogP contribution in [0.4, 0.5) is 5.13 Å². The van der Waals surface area contributed by atoms with Gasteiger partial charge in [0.25, 0.3) is 5.91 Å². The third kappa shape index (κ3) is 4.46. The maximum atomic E-state index is 13.5. The van der Waals surface area contributed by atoms with Crippen LogP contribution in [-0.4, -0.2) is 15.9 Å². The molecule has 3 aromatic carbocycles. The zero-order valence-electron chi connectivity index (χ0n) is 17.8. The molecule has 2 heterocycles. The maximum Gasteiger partial charge on any atom is 0.258 e. The topological polar surface area (TPSA) is 54.9 Å². The Balaban J connectivity index is 1.56. The second-order valence-electron chi connectivity index (χ2n) is 7.60. The number of fused-ring (bicyclic) bond motifs is 1. The second kappa shape index (κ2) is 9.47. The Hall–Kier alpha value is -2.77. The quantitative estimate of drug-likeness (QED) is 0.236. The highest BCUT2D eigenvalue weighted by atomic mass is 79.9. The van der Waals surface area contributed by atoms with E-state index in [1.807, 2.05) is 66.9 Å². The van der Waals surface area contributed by atoms with Crippen LogP contribution in [-0.2, 0) is 0 Å². The van der Waals surface area contributed by atoms with Gasteiger partial charge in [-0.25, -0.2) is 9.97 Å². The molecule has 0 spiro atoms. The fraction of sp³-hybridized carbons (Fsp3) is 0.0385. The standard InChI is InChI=1S/C26H16BrCl2N3OS/c1-14-23(25(33)32-26-31-22(13-34-26)15-6-8-16(27)9-7-15)19-4-2-3-5-21(19)30-24(14)18-11-10-17(28)12-20(18)29/h2-13H,1H3,(H,31,32,33). The average molecular weight is 569 g/mol. The molecule has 5 aromatic rings. The van der Waals surface area contributed by atoms with Gasteiger partial charge in [0.2, 0.25) is 0 Å². The van der Waals surface area contributed by atoms with E-state index in [4.69, 9.17) is 28.2 Å². The van der Waals surface area contributed by atoms with Gasteiger partial charge in [-0.2, -0.15) is 0 Å². The summed E-state index contributed by atoms with van der Waals surface area (Å²) >= 11 is 17.4. The van der Waals surface area contributed by atoms with Crippen molar-refractivity contribution in [2.75, 3.05) is 5.32 Å². The first-order chi connectivity index (χ1) is 16.4. The number of anilines is 1. The molecule has 1 amide bonds. The number of hydrogen-bond donors (Lipinski definition) is 1. The molecule has 168 valence electrons. The summed E-state index contributed by atoms with van der Waals surface area (Å²) in [5, 5.41) is 7.19. The van der Waals surface area contributed by atoms with Crippen LogP contribution >= 0.6 is 50.5 Å². The Labute approximate surface area is 218 Å². The van der Waals surface area contributed by atoms with Gasteiger partial charge in [0.15, 0.2) is 5.13 Å². The van der Waals surface area contributed by atoms with E-state index in [2.05, 4.69) is 26.2 Å². The molecular weight excluding hydrogens is 553 g/mol. The summed E-state index contributed by atoms with van der Waals surface area (Å²) in [6.45, 7) is 1.88. The molecule has 0 unspecified atom stereocenters. The van der Waals surface area contributed by atoms with Gasteiger partial charge in [0.05, 0.1) is 27.5 Å². The summed E-state index contributed by atoms with van der Waals surface area (Å²) in [5.74, 6) is -0.251. The lowest BCUT2D eigenvalue weighted by molar-refractivity contribution is 0.102. The predicted molar refractivity (Wildman–Crippen MR) is 145 cm³/mol. The van der Waals surface area contributed by atoms with Crippen LogP contribution in [0.5, 0.6) is 0 Å². The average Bonchev–Trinajstić information content (AvgIpc) is 3.27. The first kappa shape index (κ1) is 23.0. The Morgan fingerprint density at radius 2 is 1.76 bits per heavy atom. The van der Waals surface area contributed by atoms with Crippen LogP contribution in [0, 0.1) is 6.92 Å². The first-order valence-corrected chi connectivity index (χ1v) is 12.7. The molecule has 2 aromatic heterocycles. The maximum absolute atomic E-state index is 13.5. The number of thiazole rings is 1. The van der Waals surface area contributed by atoms with Gasteiger partial charge < -0.3 is 0 Å². The minimum atomic E-state index is -0.251. The molecule has 0 saturated carbocycles. The Bertz CT molecular complexity index is 1550. The number of rotatable bonds is 4. The first-order valence-electron chi connectivity index (χ1n) is 10.3. The van der Waals surface area contributed by atoms with E-state index in [0.29, 0.717) is 32.0 Å². The highest BCUT2D eigenvalue weighted by Gasteiger charge is 2.21. The van der Waals surface area contributed by atoms with E-state index in [9.17, 15) is 4.79 Å². The Morgan fingerprint density at radius 3 is 2.53 bits per heavy atom. The highest BCUT2D eigenvalue weighted by molar-refractivity contribution is 9.10. The summed E-state index contributed by atoms with van der Waals surface area (Å²) in [6.07, 6.45) is 0. The van der Waals surface area contributed by atoms with E-state index in [-0.39, 0.29) is 5.91 Å². The van der Waals surface area contributed by atoms with Gasteiger partial charge in [0.1, 0.15) is 0 Å². The van der Waals surface area contributed by atoms with Crippen LogP contribution in [0.2, 0.25) is 10.0 Å². The van der Waals surface area contributed by atoms with E-state index in [1.165, 1.54) is 11.3 Å². The smallest absolute Gasteiger partial charge is 0.258 e. The zero-order chi connectivity index (χ0) is 23.8. The summed E-state index contributed by atoms with van der Waals surface area (Å²) in [7, 11) is 0. The van der Waals surface area contributed by atoms with E-state index in [0.717, 1.165) is 32.2 Å². The number of amides is 1. The monoisotopic (exact) mass is 567 g/mol. The van der Waals surface area contributed by atoms with Crippen LogP contribution in [0.15, 0.2) is 76.6 Å². The lowest BCUT2D eigenvalue weighted by atomic mass is 9.97. The lowest BCUT2D eigenvalue weighted by Gasteiger charge is -2.15. The molecule has 1 N–H and O–H groups in total. The molecule has 8 heteroatoms. The molecule has 0 radical (unpaired) electrons. The fourth-order valence-corrected chi connectivity index (χ4v) is 5.26. The van der Waals surface area contributed by atoms with E-state index < -0.39 is 0 Å². The minimum Gasteiger partial charge on any atom is -0.298 e.